The van der Waals surface area contributed by atoms with Crippen LogP contribution in [0.2, 0.25) is 0 Å². The van der Waals surface area contributed by atoms with E-state index in [0.717, 1.165) is 28.2 Å². The second-order valence-corrected chi connectivity index (χ2v) is 8.49. The number of carbonyl (C=O) groups is 1. The molecule has 4 aromatic rings. The van der Waals surface area contributed by atoms with Crippen LogP contribution < -0.4 is 15.5 Å². The van der Waals surface area contributed by atoms with Crippen molar-refractivity contribution in [3.63, 3.8) is 0 Å². The zero-order chi connectivity index (χ0) is 23.2. The third-order valence-electron chi connectivity index (χ3n) is 6.43. The highest BCUT2D eigenvalue weighted by Crippen LogP contribution is 2.35. The van der Waals surface area contributed by atoms with Crippen LogP contribution in [0.25, 0.3) is 16.9 Å². The summed E-state index contributed by atoms with van der Waals surface area (Å²) in [6.07, 6.45) is 6.75. The van der Waals surface area contributed by atoms with Crippen LogP contribution >= 0.6 is 0 Å². The first-order valence-corrected chi connectivity index (χ1v) is 11.1. The molecule has 0 aliphatic carbocycles. The Kier molecular flexibility index (Phi) is 4.88. The lowest BCUT2D eigenvalue weighted by molar-refractivity contribution is 0.0645. The normalized spacial score (nSPS) is 19.8. The van der Waals surface area contributed by atoms with Gasteiger partial charge in [-0.15, -0.1) is 0 Å². The average Bonchev–Trinajstić information content (AvgIpc) is 3.46. The summed E-state index contributed by atoms with van der Waals surface area (Å²) in [5.74, 6) is 0.407. The van der Waals surface area contributed by atoms with E-state index >= 15 is 0 Å². The number of β-amino-alcohol motifs (C(OH)–C–C–N with tert-alkyl or cyclic N) is 1. The summed E-state index contributed by atoms with van der Waals surface area (Å²) in [6.45, 7) is 1.16. The highest BCUT2D eigenvalue weighted by atomic mass is 19.1. The van der Waals surface area contributed by atoms with E-state index < -0.39 is 12.3 Å². The predicted octanol–water partition coefficient (Wildman–Crippen LogP) is 2.69. The molecule has 3 N–H and O–H groups in total. The number of carbonyl (C=O) groups excluding carboxylic acids is 1. The van der Waals surface area contributed by atoms with E-state index in [2.05, 4.69) is 25.6 Å². The van der Waals surface area contributed by atoms with Gasteiger partial charge in [0.15, 0.2) is 5.65 Å². The Bertz CT molecular complexity index is 1410. The maximum Gasteiger partial charge on any atom is 0.254 e. The van der Waals surface area contributed by atoms with E-state index in [-0.39, 0.29) is 18.9 Å². The van der Waals surface area contributed by atoms with Crippen LogP contribution in [-0.2, 0) is 6.54 Å². The van der Waals surface area contributed by atoms with Crippen LogP contribution in [0.15, 0.2) is 55.2 Å². The number of fused-ring (bicyclic) bond motifs is 2. The molecule has 0 radical (unpaired) electrons. The summed E-state index contributed by atoms with van der Waals surface area (Å²) >= 11 is 0. The number of aromatic nitrogens is 4. The zero-order valence-electron chi connectivity index (χ0n) is 18.1. The summed E-state index contributed by atoms with van der Waals surface area (Å²) < 4.78 is 15.6. The molecule has 1 amide bonds. The largest absolute Gasteiger partial charge is 0.388 e. The molecular weight excluding hydrogens is 437 g/mol. The second-order valence-electron chi connectivity index (χ2n) is 8.49. The number of aliphatic hydroxyl groups excluding tert-OH is 1. The number of amides is 1. The molecule has 6 rings (SSSR count). The molecule has 0 saturated carbocycles. The van der Waals surface area contributed by atoms with Crippen LogP contribution in [0.3, 0.4) is 0 Å². The van der Waals surface area contributed by atoms with E-state index in [0.29, 0.717) is 30.2 Å². The average molecular weight is 459 g/mol. The number of nitrogens with zero attached hydrogens (tertiary/aromatic N) is 5. The van der Waals surface area contributed by atoms with Crippen molar-refractivity contribution in [1.29, 1.82) is 0 Å². The van der Waals surface area contributed by atoms with E-state index in [9.17, 15) is 14.3 Å². The SMILES string of the molecule is O=C1NCc2c(-c3cnc4cnccn34)ccc(Nc3cc(N4CC[C@@H](F)[C@H](O)C4)ccn3)c21. The van der Waals surface area contributed by atoms with Gasteiger partial charge in [-0.2, -0.15) is 0 Å². The number of pyridine rings is 1. The number of alkyl halides is 1. The fraction of sp³-hybridized carbons (Fsp3) is 0.250. The molecular formula is C24H22FN7O2. The monoisotopic (exact) mass is 459 g/mol. The van der Waals surface area contributed by atoms with Crippen LogP contribution in [0, 0.1) is 0 Å². The molecule has 10 heteroatoms. The number of piperidine rings is 1. The maximum atomic E-state index is 13.7. The highest BCUT2D eigenvalue weighted by molar-refractivity contribution is 6.06. The fourth-order valence-corrected chi connectivity index (χ4v) is 4.69. The molecule has 2 aliphatic heterocycles. The van der Waals surface area contributed by atoms with Crippen LogP contribution in [0.4, 0.5) is 21.6 Å². The molecule has 9 nitrogen and oxygen atoms in total. The van der Waals surface area contributed by atoms with Crippen LogP contribution in [0.5, 0.6) is 0 Å². The van der Waals surface area contributed by atoms with Crippen molar-refractivity contribution in [2.24, 2.45) is 0 Å². The Morgan fingerprint density at radius 1 is 1.18 bits per heavy atom. The number of nitrogens with one attached hydrogen (secondary N) is 2. The number of imidazole rings is 1. The molecule has 34 heavy (non-hydrogen) atoms. The molecule has 0 spiro atoms. The molecule has 3 aromatic heterocycles. The van der Waals surface area contributed by atoms with Gasteiger partial charge in [0, 0.05) is 55.5 Å². The zero-order valence-corrected chi connectivity index (χ0v) is 18.1. The van der Waals surface area contributed by atoms with Crippen LogP contribution in [-0.4, -0.2) is 55.7 Å². The lowest BCUT2D eigenvalue weighted by atomic mass is 9.99. The van der Waals surface area contributed by atoms with Crippen molar-refractivity contribution in [2.75, 3.05) is 23.3 Å². The van der Waals surface area contributed by atoms with Crippen molar-refractivity contribution < 1.29 is 14.3 Å². The lowest BCUT2D eigenvalue weighted by Crippen LogP contribution is -2.45. The van der Waals surface area contributed by atoms with E-state index in [1.165, 1.54) is 0 Å². The first kappa shape index (κ1) is 20.5. The van der Waals surface area contributed by atoms with Gasteiger partial charge in [-0.1, -0.05) is 6.07 Å². The number of benzene rings is 1. The molecule has 1 saturated heterocycles. The Balaban J connectivity index is 1.34. The Morgan fingerprint density at radius 2 is 2.09 bits per heavy atom. The molecule has 0 bridgehead atoms. The first-order chi connectivity index (χ1) is 16.6. The van der Waals surface area contributed by atoms with Gasteiger partial charge in [0.2, 0.25) is 0 Å². The maximum absolute atomic E-state index is 13.7. The number of hydrogen-bond acceptors (Lipinski definition) is 7. The Labute approximate surface area is 194 Å². The standard InChI is InChI=1S/C24H22FN7O2/c25-17-4-7-31(13-20(17)33)14-3-5-27-21(9-14)30-18-2-1-15(16-10-29-24(34)23(16)18)19-11-28-22-12-26-6-8-32(19)22/h1-3,5-6,8-9,11-12,17,20,33H,4,7,10,13H2,(H,27,30)(H,29,34)/t17-,20-/m1/s1. The van der Waals surface area contributed by atoms with Gasteiger partial charge < -0.3 is 20.6 Å². The molecule has 2 atom stereocenters. The molecule has 2 aliphatic rings. The van der Waals surface area contributed by atoms with Crippen molar-refractivity contribution >= 4 is 28.7 Å². The van der Waals surface area contributed by atoms with E-state index in [1.807, 2.05) is 39.8 Å². The highest BCUT2D eigenvalue weighted by Gasteiger charge is 2.29. The van der Waals surface area contributed by atoms with Gasteiger partial charge in [-0.25, -0.2) is 14.4 Å². The quantitative estimate of drug-likeness (QED) is 0.431. The van der Waals surface area contributed by atoms with Gasteiger partial charge in [-0.05, 0) is 24.1 Å². The smallest absolute Gasteiger partial charge is 0.254 e. The number of aliphatic hydroxyl groups is 1. The molecule has 172 valence electrons. The minimum absolute atomic E-state index is 0.154. The topological polar surface area (TPSA) is 108 Å². The number of hydrogen-bond donors (Lipinski definition) is 3. The predicted molar refractivity (Wildman–Crippen MR) is 125 cm³/mol. The number of anilines is 3. The fourth-order valence-electron chi connectivity index (χ4n) is 4.69. The Morgan fingerprint density at radius 3 is 2.97 bits per heavy atom. The van der Waals surface area contributed by atoms with Gasteiger partial charge in [-0.3, -0.25) is 14.2 Å². The second kappa shape index (κ2) is 8.07. The number of halogens is 1. The minimum Gasteiger partial charge on any atom is -0.388 e. The van der Waals surface area contributed by atoms with Gasteiger partial charge >= 0.3 is 0 Å². The Hall–Kier alpha value is -4.05. The third-order valence-corrected chi connectivity index (χ3v) is 6.43. The summed E-state index contributed by atoms with van der Waals surface area (Å²) in [7, 11) is 0. The molecule has 0 unspecified atom stereocenters. The summed E-state index contributed by atoms with van der Waals surface area (Å²) in [5.41, 5.74) is 5.47. The van der Waals surface area contributed by atoms with Gasteiger partial charge in [0.25, 0.3) is 5.91 Å². The van der Waals surface area contributed by atoms with Gasteiger partial charge in [0.1, 0.15) is 18.1 Å². The minimum atomic E-state index is -1.19. The lowest BCUT2D eigenvalue weighted by Gasteiger charge is -2.34. The summed E-state index contributed by atoms with van der Waals surface area (Å²) in [4.78, 5) is 27.6. The van der Waals surface area contributed by atoms with Crippen LogP contribution in [0.1, 0.15) is 22.3 Å². The third kappa shape index (κ3) is 3.43. The van der Waals surface area contributed by atoms with Crippen molar-refractivity contribution in [2.45, 2.75) is 25.2 Å². The summed E-state index contributed by atoms with van der Waals surface area (Å²) in [5, 5.41) is 16.1. The van der Waals surface area contributed by atoms with Crippen molar-refractivity contribution in [3.8, 4) is 11.3 Å². The first-order valence-electron chi connectivity index (χ1n) is 11.1. The van der Waals surface area contributed by atoms with Gasteiger partial charge in [0.05, 0.1) is 29.3 Å². The summed E-state index contributed by atoms with van der Waals surface area (Å²) in [6, 6.07) is 7.51. The van der Waals surface area contributed by atoms with E-state index in [4.69, 9.17) is 0 Å². The number of rotatable bonds is 4. The molecule has 1 fully saturated rings. The molecule has 5 heterocycles. The van der Waals surface area contributed by atoms with Crippen molar-refractivity contribution in [1.82, 2.24) is 24.7 Å². The van der Waals surface area contributed by atoms with E-state index in [1.54, 1.807) is 24.8 Å². The van der Waals surface area contributed by atoms with Crippen molar-refractivity contribution in [3.05, 3.63) is 66.4 Å². The molecule has 1 aromatic carbocycles.